The molecular weight excluding hydrogens is 358 g/mol. The maximum absolute atomic E-state index is 12.2. The number of fused-ring (bicyclic) bond motifs is 2. The molecule has 2 aliphatic heterocycles. The first-order chi connectivity index (χ1) is 13.6. The van der Waals surface area contributed by atoms with Gasteiger partial charge in [0.1, 0.15) is 11.3 Å². The van der Waals surface area contributed by atoms with Crippen LogP contribution in [0, 0.1) is 11.3 Å². The maximum Gasteiger partial charge on any atom is 0.312 e. The molecule has 1 aromatic heterocycles. The molecule has 0 amide bonds. The quantitative estimate of drug-likeness (QED) is 0.778. The highest BCUT2D eigenvalue weighted by atomic mass is 16.5. The standard InChI is InChI=1S/C21H27N3O4/c1-27-9-8-23-10-16-11-24(14-21(16,13-23)20(25)26)12-17-7-6-15-4-3-5-18(28-2)19(15)22-17/h3-7,16H,8-14H2,1-2H3,(H,25,26)/t16-,21-/m0/s1. The Morgan fingerprint density at radius 1 is 1.21 bits per heavy atom. The van der Waals surface area contributed by atoms with Gasteiger partial charge in [0.25, 0.3) is 0 Å². The van der Waals surface area contributed by atoms with E-state index < -0.39 is 11.4 Å². The fourth-order valence-electron chi connectivity index (χ4n) is 4.73. The molecule has 2 aromatic rings. The predicted octanol–water partition coefficient (Wildman–Crippen LogP) is 1.71. The van der Waals surface area contributed by atoms with Crippen LogP contribution < -0.4 is 4.74 Å². The third-order valence-corrected chi connectivity index (χ3v) is 6.13. The van der Waals surface area contributed by atoms with E-state index in [1.165, 1.54) is 0 Å². The number of carboxylic acids is 1. The molecule has 0 spiro atoms. The molecule has 28 heavy (non-hydrogen) atoms. The number of benzene rings is 1. The van der Waals surface area contributed by atoms with Crippen molar-refractivity contribution >= 4 is 16.9 Å². The van der Waals surface area contributed by atoms with Crippen molar-refractivity contribution in [2.75, 3.05) is 53.6 Å². The number of ether oxygens (including phenoxy) is 2. The van der Waals surface area contributed by atoms with Gasteiger partial charge in [-0.25, -0.2) is 4.98 Å². The number of carboxylic acid groups (broad SMARTS) is 1. The molecule has 7 nitrogen and oxygen atoms in total. The number of aromatic nitrogens is 1. The van der Waals surface area contributed by atoms with Crippen LogP contribution in [0.25, 0.3) is 10.9 Å². The van der Waals surface area contributed by atoms with Crippen LogP contribution in [0.2, 0.25) is 0 Å². The Bertz CT molecular complexity index is 874. The summed E-state index contributed by atoms with van der Waals surface area (Å²) in [5.41, 5.74) is 1.09. The second-order valence-electron chi connectivity index (χ2n) is 7.89. The van der Waals surface area contributed by atoms with Crippen LogP contribution in [0.3, 0.4) is 0 Å². The lowest BCUT2D eigenvalue weighted by Gasteiger charge is -2.25. The van der Waals surface area contributed by atoms with Gasteiger partial charge in [0.2, 0.25) is 0 Å². The zero-order valence-corrected chi connectivity index (χ0v) is 16.4. The number of methoxy groups -OCH3 is 2. The molecular formula is C21H27N3O4. The molecule has 1 aromatic carbocycles. The minimum absolute atomic E-state index is 0.136. The van der Waals surface area contributed by atoms with Crippen molar-refractivity contribution < 1.29 is 19.4 Å². The van der Waals surface area contributed by atoms with E-state index in [9.17, 15) is 9.90 Å². The topological polar surface area (TPSA) is 75.1 Å². The Labute approximate surface area is 164 Å². The Kier molecular flexibility index (Phi) is 5.23. The Morgan fingerprint density at radius 3 is 2.71 bits per heavy atom. The SMILES string of the molecule is COCCN1C[C@H]2CN(Cc3ccc4cccc(OC)c4n3)C[C@@]2(C(=O)O)C1. The van der Waals surface area contributed by atoms with Gasteiger partial charge in [0.05, 0.1) is 24.8 Å². The number of hydrogen-bond acceptors (Lipinski definition) is 6. The van der Waals surface area contributed by atoms with Crippen molar-refractivity contribution in [3.8, 4) is 5.75 Å². The molecule has 3 heterocycles. The van der Waals surface area contributed by atoms with E-state index in [4.69, 9.17) is 14.5 Å². The van der Waals surface area contributed by atoms with Gasteiger partial charge in [-0.15, -0.1) is 0 Å². The number of rotatable bonds is 7. The van der Waals surface area contributed by atoms with Crippen LogP contribution in [-0.4, -0.2) is 79.4 Å². The Hall–Kier alpha value is -2.22. The zero-order chi connectivity index (χ0) is 19.7. The predicted molar refractivity (Wildman–Crippen MR) is 105 cm³/mol. The summed E-state index contributed by atoms with van der Waals surface area (Å²) in [7, 11) is 3.33. The molecule has 0 radical (unpaired) electrons. The van der Waals surface area contributed by atoms with Crippen molar-refractivity contribution in [3.05, 3.63) is 36.0 Å². The van der Waals surface area contributed by atoms with E-state index in [1.54, 1.807) is 14.2 Å². The first kappa shape index (κ1) is 19.1. The lowest BCUT2D eigenvalue weighted by atomic mass is 9.81. The molecule has 2 atom stereocenters. The van der Waals surface area contributed by atoms with Crippen molar-refractivity contribution in [3.63, 3.8) is 0 Å². The highest BCUT2D eigenvalue weighted by Crippen LogP contribution is 2.43. The highest BCUT2D eigenvalue weighted by Gasteiger charge is 2.57. The summed E-state index contributed by atoms with van der Waals surface area (Å²) in [6.07, 6.45) is 0. The molecule has 1 N–H and O–H groups in total. The number of aliphatic carboxylic acids is 1. The number of para-hydroxylation sites is 1. The van der Waals surface area contributed by atoms with Gasteiger partial charge in [0, 0.05) is 57.7 Å². The van der Waals surface area contributed by atoms with Gasteiger partial charge in [0.15, 0.2) is 0 Å². The minimum Gasteiger partial charge on any atom is -0.494 e. The first-order valence-electron chi connectivity index (χ1n) is 9.65. The summed E-state index contributed by atoms with van der Waals surface area (Å²) < 4.78 is 10.6. The van der Waals surface area contributed by atoms with Crippen molar-refractivity contribution in [2.45, 2.75) is 6.54 Å². The number of hydrogen-bond donors (Lipinski definition) is 1. The summed E-state index contributed by atoms with van der Waals surface area (Å²) in [5, 5.41) is 11.0. The minimum atomic E-state index is -0.692. The third-order valence-electron chi connectivity index (χ3n) is 6.13. The van der Waals surface area contributed by atoms with E-state index in [0.29, 0.717) is 26.2 Å². The van der Waals surface area contributed by atoms with Gasteiger partial charge >= 0.3 is 5.97 Å². The van der Waals surface area contributed by atoms with E-state index in [1.807, 2.05) is 24.3 Å². The van der Waals surface area contributed by atoms with Gasteiger partial charge in [-0.2, -0.15) is 0 Å². The van der Waals surface area contributed by atoms with Crippen LogP contribution >= 0.6 is 0 Å². The Morgan fingerprint density at radius 2 is 2.00 bits per heavy atom. The molecule has 0 aliphatic carbocycles. The average Bonchev–Trinajstić information content (AvgIpc) is 3.20. The summed E-state index contributed by atoms with van der Waals surface area (Å²) in [4.78, 5) is 21.4. The van der Waals surface area contributed by atoms with Crippen molar-refractivity contribution in [1.29, 1.82) is 0 Å². The first-order valence-corrected chi connectivity index (χ1v) is 9.65. The van der Waals surface area contributed by atoms with Gasteiger partial charge in [-0.1, -0.05) is 18.2 Å². The molecule has 2 fully saturated rings. The third kappa shape index (κ3) is 3.34. The van der Waals surface area contributed by atoms with E-state index in [2.05, 4.69) is 15.9 Å². The van der Waals surface area contributed by atoms with E-state index >= 15 is 0 Å². The van der Waals surface area contributed by atoms with Gasteiger partial charge in [-0.05, 0) is 12.1 Å². The molecule has 0 unspecified atom stereocenters. The van der Waals surface area contributed by atoms with Crippen LogP contribution in [0.1, 0.15) is 5.69 Å². The van der Waals surface area contributed by atoms with E-state index in [-0.39, 0.29) is 5.92 Å². The number of nitrogens with zero attached hydrogens (tertiary/aromatic N) is 3. The molecule has 150 valence electrons. The smallest absolute Gasteiger partial charge is 0.312 e. The largest absolute Gasteiger partial charge is 0.494 e. The Balaban J connectivity index is 1.50. The zero-order valence-electron chi connectivity index (χ0n) is 16.4. The summed E-state index contributed by atoms with van der Waals surface area (Å²) in [6.45, 7) is 4.81. The van der Waals surface area contributed by atoms with Crippen molar-refractivity contribution in [2.24, 2.45) is 11.3 Å². The summed E-state index contributed by atoms with van der Waals surface area (Å²) in [6, 6.07) is 9.96. The normalized spacial score (nSPS) is 25.3. The molecule has 0 bridgehead atoms. The monoisotopic (exact) mass is 385 g/mol. The second kappa shape index (κ2) is 7.66. The molecule has 2 saturated heterocycles. The van der Waals surface area contributed by atoms with Crippen LogP contribution in [0.5, 0.6) is 5.75 Å². The summed E-state index contributed by atoms with van der Waals surface area (Å²) >= 11 is 0. The fourth-order valence-corrected chi connectivity index (χ4v) is 4.73. The van der Waals surface area contributed by atoms with Crippen molar-refractivity contribution in [1.82, 2.24) is 14.8 Å². The maximum atomic E-state index is 12.2. The number of likely N-dealkylation sites (tertiary alicyclic amines) is 2. The number of pyridine rings is 1. The second-order valence-corrected chi connectivity index (χ2v) is 7.89. The van der Waals surface area contributed by atoms with Crippen LogP contribution in [0.15, 0.2) is 30.3 Å². The highest BCUT2D eigenvalue weighted by molar-refractivity contribution is 5.84. The lowest BCUT2D eigenvalue weighted by molar-refractivity contribution is -0.149. The molecule has 2 aliphatic rings. The van der Waals surface area contributed by atoms with E-state index in [0.717, 1.165) is 42.0 Å². The molecule has 0 saturated carbocycles. The fraction of sp³-hybridized carbons (Fsp3) is 0.524. The molecule has 7 heteroatoms. The van der Waals surface area contributed by atoms with Crippen LogP contribution in [0.4, 0.5) is 0 Å². The number of carbonyl (C=O) groups is 1. The van der Waals surface area contributed by atoms with Crippen LogP contribution in [-0.2, 0) is 16.1 Å². The van der Waals surface area contributed by atoms with Gasteiger partial charge in [-0.3, -0.25) is 14.6 Å². The van der Waals surface area contributed by atoms with Gasteiger partial charge < -0.3 is 14.6 Å². The molecule has 4 rings (SSSR count). The average molecular weight is 385 g/mol. The lowest BCUT2D eigenvalue weighted by Crippen LogP contribution is -2.41. The summed E-state index contributed by atoms with van der Waals surface area (Å²) in [5.74, 6) is 0.207.